The quantitative estimate of drug-likeness (QED) is 0.0129. The summed E-state index contributed by atoms with van der Waals surface area (Å²) < 4.78 is 20.6. The van der Waals surface area contributed by atoms with E-state index in [1.807, 2.05) is 24.3 Å². The lowest BCUT2D eigenvalue weighted by Crippen LogP contribution is -2.64. The van der Waals surface area contributed by atoms with Gasteiger partial charge in [-0.2, -0.15) is 0 Å². The highest BCUT2D eigenvalue weighted by Gasteiger charge is 2.50. The number of carbonyl (C=O) groups excluding carboxylic acids is 7. The summed E-state index contributed by atoms with van der Waals surface area (Å²) in [5.41, 5.74) is 1.52. The zero-order valence-electron chi connectivity index (χ0n) is 52.5. The Kier molecular flexibility index (Phi) is 27.0. The van der Waals surface area contributed by atoms with Gasteiger partial charge in [0.05, 0.1) is 70.9 Å². The van der Waals surface area contributed by atoms with Gasteiger partial charge in [0, 0.05) is 81.6 Å². The van der Waals surface area contributed by atoms with Crippen LogP contribution in [0.5, 0.6) is 17.2 Å². The molecule has 4 heterocycles. The first kappa shape index (κ1) is 73.2. The van der Waals surface area contributed by atoms with Crippen molar-refractivity contribution < 1.29 is 102 Å². The molecular formula is C61H84N10O20S2. The zero-order valence-corrected chi connectivity index (χ0v) is 54.1. The standard InChI is InChI=1S/C61H84N10O20S2/c1-33-31-70-51(52(33)78)57(83)62-30-39(73)28-42(63-53(79)36-13-15-37(16-14-36)58-67-68-59(92-58)38-17-19-41(20-18-38)88-25-11-9-7-8-10-24-87-6)54(80)64-48(34(2)72)60(84)69-32-40(74)29-43(69)55(81)65-49(56(82)66-50(61(70)85)45(76)22-23-71(3,4)5)46(77)26-35-12-21-44(75)47(27-35)89-93-91-90-86/h12-21,27,33-34,39-40,42-43,45-46,48-52,72-74,76-78H,7-11,22-26,28-32H2,1-6H3,(H6-,62,63,64,65,66,75,79,80,81,82,83,86)/t33-,34-,39-,40-,42+,43+,45-,46-,48+,49+,50+,51+,52+/m1/s1. The second-order valence-corrected chi connectivity index (χ2v) is 25.9. The lowest BCUT2D eigenvalue weighted by atomic mass is 9.98. The first-order valence-corrected chi connectivity index (χ1v) is 32.0. The van der Waals surface area contributed by atoms with Crippen LogP contribution in [0.3, 0.4) is 0 Å². The molecule has 30 nitrogen and oxygen atoms in total. The number of ether oxygens (including phenoxy) is 2. The number of fused-ring (bicyclic) bond motifs is 2. The Morgan fingerprint density at radius 1 is 0.763 bits per heavy atom. The van der Waals surface area contributed by atoms with Gasteiger partial charge in [-0.25, -0.2) is 5.26 Å². The van der Waals surface area contributed by atoms with Gasteiger partial charge >= 0.3 is 0 Å². The van der Waals surface area contributed by atoms with Crippen molar-refractivity contribution >= 4 is 65.0 Å². The molecule has 32 heteroatoms. The Bertz CT molecular complexity index is 3160. The Morgan fingerprint density at radius 3 is 2.03 bits per heavy atom. The van der Waals surface area contributed by atoms with Gasteiger partial charge in [-0.15, -0.1) is 10.2 Å². The van der Waals surface area contributed by atoms with Gasteiger partial charge in [0.15, 0.2) is 0 Å². The van der Waals surface area contributed by atoms with Gasteiger partial charge < -0.3 is 90.3 Å². The normalized spacial score (nSPS) is 24.7. The topological polar surface area (TPSA) is 423 Å². The maximum atomic E-state index is 15.0. The van der Waals surface area contributed by atoms with E-state index in [-0.39, 0.29) is 47.4 Å². The second-order valence-electron chi connectivity index (χ2n) is 24.5. The molecule has 3 aliphatic rings. The van der Waals surface area contributed by atoms with Gasteiger partial charge in [0.25, 0.3) is 18.2 Å². The van der Waals surface area contributed by atoms with Crippen molar-refractivity contribution in [3.63, 3.8) is 0 Å². The number of quaternary nitrogens is 1. The lowest BCUT2D eigenvalue weighted by Gasteiger charge is -2.34. The number of nitrogens with zero attached hydrogens (tertiary/aromatic N) is 5. The summed E-state index contributed by atoms with van der Waals surface area (Å²) in [7, 11) is 7.08. The number of unbranched alkanes of at least 4 members (excludes halogenated alkanes) is 4. The minimum Gasteiger partial charge on any atom is -0.870 e. The summed E-state index contributed by atoms with van der Waals surface area (Å²) in [6, 6.07) is 5.91. The van der Waals surface area contributed by atoms with Crippen LogP contribution in [-0.4, -0.2) is 242 Å². The van der Waals surface area contributed by atoms with Crippen LogP contribution >= 0.6 is 23.7 Å². The lowest BCUT2D eigenvalue weighted by molar-refractivity contribution is -0.870. The fourth-order valence-corrected chi connectivity index (χ4v) is 12.1. The molecule has 7 rings (SSSR count). The number of hydrogen-bond donors (Lipinski definition) is 12. The summed E-state index contributed by atoms with van der Waals surface area (Å²) in [6.45, 7) is 2.71. The first-order valence-electron chi connectivity index (χ1n) is 30.5. The van der Waals surface area contributed by atoms with Crippen LogP contribution in [-0.2, 0) is 49.3 Å². The van der Waals surface area contributed by atoms with Crippen molar-refractivity contribution in [1.29, 1.82) is 0 Å². The van der Waals surface area contributed by atoms with E-state index >= 15 is 0 Å². The summed E-state index contributed by atoms with van der Waals surface area (Å²) in [5.74, 6) is -8.85. The molecule has 0 spiro atoms. The molecule has 3 fully saturated rings. The third-order valence-corrected chi connectivity index (χ3v) is 17.5. The highest BCUT2D eigenvalue weighted by molar-refractivity contribution is 7.90. The maximum Gasteiger partial charge on any atom is 0.261 e. The number of β-amino-alcohol motifs (C(OH)–C–C–N with tert-alkyl or cyclic N) is 1. The van der Waals surface area contributed by atoms with E-state index in [9.17, 15) is 69.3 Å². The molecule has 4 aromatic rings. The highest BCUT2D eigenvalue weighted by atomic mass is 32.2. The molecule has 0 aliphatic carbocycles. The van der Waals surface area contributed by atoms with Crippen molar-refractivity contribution in [2.24, 2.45) is 5.92 Å². The fourth-order valence-electron chi connectivity index (χ4n) is 11.0. The number of hydrogen-bond acceptors (Lipinski definition) is 24. The number of methoxy groups -OCH3 is 1. The number of aliphatic hydroxyl groups is 6. The van der Waals surface area contributed by atoms with Gasteiger partial charge in [-0.05, 0) is 67.8 Å². The molecule has 3 saturated heterocycles. The number of benzene rings is 3. The minimum atomic E-state index is -2.11. The van der Waals surface area contributed by atoms with Crippen molar-refractivity contribution in [2.45, 2.75) is 145 Å². The first-order chi connectivity index (χ1) is 44.3. The van der Waals surface area contributed by atoms with E-state index in [0.717, 1.165) is 78.9 Å². The third kappa shape index (κ3) is 20.4. The van der Waals surface area contributed by atoms with E-state index in [0.29, 0.717) is 22.2 Å². The average molecular weight is 1340 g/mol. The number of amides is 7. The molecule has 0 saturated carbocycles. The second kappa shape index (κ2) is 34.3. The molecule has 0 unspecified atom stereocenters. The number of aromatic nitrogens is 2. The number of rotatable bonds is 25. The van der Waals surface area contributed by atoms with Crippen LogP contribution < -0.4 is 40.6 Å². The molecule has 93 heavy (non-hydrogen) atoms. The molecule has 0 bridgehead atoms. The van der Waals surface area contributed by atoms with Crippen LogP contribution in [0.15, 0.2) is 66.7 Å². The van der Waals surface area contributed by atoms with Gasteiger partial charge in [0.1, 0.15) is 57.8 Å². The molecule has 0 radical (unpaired) electrons. The van der Waals surface area contributed by atoms with Crippen molar-refractivity contribution in [2.75, 3.05) is 67.6 Å². The number of nitrogens with one attached hydrogen (secondary N) is 5. The number of carbonyl (C=O) groups is 7. The Balaban J connectivity index is 1.16. The predicted octanol–water partition coefficient (Wildman–Crippen LogP) is -0.671. The Labute approximate surface area is 545 Å². The molecule has 7 amide bonds. The summed E-state index contributed by atoms with van der Waals surface area (Å²) >= 11 is 1.35. The van der Waals surface area contributed by atoms with Crippen molar-refractivity contribution in [1.82, 2.24) is 46.6 Å². The molecule has 510 valence electrons. The molecule has 13 atom stereocenters. The fraction of sp³-hybridized carbons (Fsp3) is 0.557. The van der Waals surface area contributed by atoms with Gasteiger partial charge in [0.2, 0.25) is 35.4 Å². The van der Waals surface area contributed by atoms with Crippen LogP contribution in [0.2, 0.25) is 0 Å². The van der Waals surface area contributed by atoms with E-state index in [1.54, 1.807) is 40.4 Å². The maximum absolute atomic E-state index is 15.0. The molecule has 12 N–H and O–H groups in total. The zero-order chi connectivity index (χ0) is 67.7. The minimum absolute atomic E-state index is 0.0238. The van der Waals surface area contributed by atoms with Gasteiger partial charge in [-0.1, -0.05) is 76.9 Å². The van der Waals surface area contributed by atoms with E-state index in [1.165, 1.54) is 36.5 Å². The van der Waals surface area contributed by atoms with Crippen molar-refractivity contribution in [3.05, 3.63) is 77.9 Å². The van der Waals surface area contributed by atoms with Gasteiger partial charge in [-0.3, -0.25) is 33.6 Å². The largest absolute Gasteiger partial charge is 0.870 e. The highest BCUT2D eigenvalue weighted by Crippen LogP contribution is 2.33. The molecule has 3 aromatic carbocycles. The summed E-state index contributed by atoms with van der Waals surface area (Å²) in [4.78, 5) is 104. The van der Waals surface area contributed by atoms with Crippen LogP contribution in [0, 0.1) is 5.92 Å². The van der Waals surface area contributed by atoms with E-state index < -0.39 is 164 Å². The molecular weight excluding hydrogens is 1260 g/mol. The predicted molar refractivity (Wildman–Crippen MR) is 333 cm³/mol. The Hall–Kier alpha value is -7.18. The van der Waals surface area contributed by atoms with Crippen LogP contribution in [0.25, 0.3) is 21.1 Å². The summed E-state index contributed by atoms with van der Waals surface area (Å²) in [5, 5.41) is 116. The Morgan fingerprint density at radius 2 is 1.39 bits per heavy atom. The third-order valence-electron chi connectivity index (χ3n) is 16.2. The van der Waals surface area contributed by atoms with Crippen LogP contribution in [0.1, 0.15) is 81.1 Å². The van der Waals surface area contributed by atoms with Crippen molar-refractivity contribution in [3.8, 4) is 38.4 Å². The SMILES string of the molecule is COCCCCCCCOc1ccc(-c2nnc(-c3ccc(C(=O)N[C@H]4C[C@@H](O)CNC(=O)[C@@H]5[C@@H](O)[C@H](C)CN5C(=O)[C@H]([C@H](O)CC[N+](C)(C)C)NC(=O)[C@H]([C@H](O)Cc5ccc([O-])c(OSOOO)c5)NC(=O)[C@@H]5C[C@@H](O)CN5C(=O)[C@H]([C@@H](C)O)NC4=O)cc3)s2)cc1. The van der Waals surface area contributed by atoms with Crippen LogP contribution in [0.4, 0.5) is 0 Å². The monoisotopic (exact) mass is 1340 g/mol. The molecule has 3 aliphatic heterocycles. The summed E-state index contributed by atoms with van der Waals surface area (Å²) in [6.07, 6.45) is -6.76. The smallest absolute Gasteiger partial charge is 0.261 e. The number of aliphatic hydroxyl groups excluding tert-OH is 6. The average Bonchev–Trinajstić information content (AvgIpc) is 1.72. The van der Waals surface area contributed by atoms with E-state index in [2.05, 4.69) is 46.2 Å². The molecule has 1 aromatic heterocycles. The van der Waals surface area contributed by atoms with E-state index in [4.69, 9.17) is 18.9 Å².